The monoisotopic (exact) mass is 277 g/mol. The standard InChI is InChI=1S/C13H15F3N.ClH/c14-13(15,16)12-6-4-11(5-7-12)10-17-8-2-1-3-9-17;/h4-7,10H,1-3,8-9H2;1H/q+1;/p-1. The molecule has 1 aromatic carbocycles. The second kappa shape index (κ2) is 6.23. The van der Waals surface area contributed by atoms with E-state index in [4.69, 9.17) is 0 Å². The average Bonchev–Trinajstić information content (AvgIpc) is 2.30. The summed E-state index contributed by atoms with van der Waals surface area (Å²) in [5.74, 6) is 0. The van der Waals surface area contributed by atoms with E-state index in [2.05, 4.69) is 4.58 Å². The first-order valence-electron chi connectivity index (χ1n) is 5.82. The van der Waals surface area contributed by atoms with E-state index in [0.29, 0.717) is 0 Å². The number of halogens is 4. The molecule has 1 aromatic rings. The Hall–Kier alpha value is -1.03. The third-order valence-corrected chi connectivity index (χ3v) is 2.96. The van der Waals surface area contributed by atoms with Crippen molar-refractivity contribution >= 4 is 6.21 Å². The van der Waals surface area contributed by atoms with Gasteiger partial charge >= 0.3 is 6.18 Å². The summed E-state index contributed by atoms with van der Waals surface area (Å²) >= 11 is 0. The van der Waals surface area contributed by atoms with Crippen molar-refractivity contribution in [1.82, 2.24) is 0 Å². The molecule has 2 rings (SSSR count). The molecule has 1 saturated heterocycles. The Bertz CT molecular complexity index is 401. The predicted octanol–water partition coefficient (Wildman–Crippen LogP) is 0.325. The minimum atomic E-state index is -4.25. The van der Waals surface area contributed by atoms with Crippen LogP contribution in [0.15, 0.2) is 24.3 Å². The first-order chi connectivity index (χ1) is 8.05. The van der Waals surface area contributed by atoms with Gasteiger partial charge in [0.2, 0.25) is 0 Å². The molecule has 1 heterocycles. The van der Waals surface area contributed by atoms with E-state index < -0.39 is 11.7 Å². The Morgan fingerprint density at radius 3 is 2.00 bits per heavy atom. The molecular formula is C13H15ClF3N. The van der Waals surface area contributed by atoms with E-state index in [1.54, 1.807) is 0 Å². The summed E-state index contributed by atoms with van der Waals surface area (Å²) in [6, 6.07) is 5.32. The fraction of sp³-hybridized carbons (Fsp3) is 0.462. The average molecular weight is 278 g/mol. The van der Waals surface area contributed by atoms with Gasteiger partial charge in [-0.1, -0.05) is 0 Å². The van der Waals surface area contributed by atoms with Gasteiger partial charge in [-0.05, 0) is 30.7 Å². The molecule has 18 heavy (non-hydrogen) atoms. The summed E-state index contributed by atoms with van der Waals surface area (Å²) in [7, 11) is 0. The third-order valence-electron chi connectivity index (χ3n) is 2.96. The van der Waals surface area contributed by atoms with Crippen LogP contribution in [0.4, 0.5) is 13.2 Å². The number of rotatable bonds is 1. The fourth-order valence-corrected chi connectivity index (χ4v) is 2.02. The lowest BCUT2D eigenvalue weighted by Gasteiger charge is -2.09. The van der Waals surface area contributed by atoms with Crippen molar-refractivity contribution in [3.63, 3.8) is 0 Å². The van der Waals surface area contributed by atoms with Crippen molar-refractivity contribution in [3.8, 4) is 0 Å². The molecule has 5 heteroatoms. The van der Waals surface area contributed by atoms with Crippen LogP contribution in [0, 0.1) is 0 Å². The highest BCUT2D eigenvalue weighted by molar-refractivity contribution is 5.75. The highest BCUT2D eigenvalue weighted by atomic mass is 35.5. The zero-order valence-corrected chi connectivity index (χ0v) is 10.6. The Kier molecular flexibility index (Phi) is 5.20. The van der Waals surface area contributed by atoms with Crippen molar-refractivity contribution in [2.45, 2.75) is 25.4 Å². The third kappa shape index (κ3) is 4.02. The van der Waals surface area contributed by atoms with Crippen molar-refractivity contribution < 1.29 is 30.2 Å². The highest BCUT2D eigenvalue weighted by Gasteiger charge is 2.29. The number of piperidine rings is 1. The molecule has 0 saturated carbocycles. The van der Waals surface area contributed by atoms with Gasteiger partial charge in [-0.15, -0.1) is 0 Å². The molecule has 0 bridgehead atoms. The molecule has 0 unspecified atom stereocenters. The molecule has 0 amide bonds. The predicted molar refractivity (Wildman–Crippen MR) is 60.5 cm³/mol. The first kappa shape index (κ1) is 15.0. The minimum absolute atomic E-state index is 0. The van der Waals surface area contributed by atoms with E-state index >= 15 is 0 Å². The Balaban J connectivity index is 0.00000162. The van der Waals surface area contributed by atoms with E-state index in [1.807, 2.05) is 6.21 Å². The van der Waals surface area contributed by atoms with Crippen molar-refractivity contribution in [2.75, 3.05) is 13.1 Å². The number of nitrogens with zero attached hydrogens (tertiary/aromatic N) is 1. The summed E-state index contributed by atoms with van der Waals surface area (Å²) in [5, 5.41) is 0. The molecule has 1 nitrogen and oxygen atoms in total. The maximum atomic E-state index is 12.4. The molecule has 1 aliphatic heterocycles. The summed E-state index contributed by atoms with van der Waals surface area (Å²) < 4.78 is 39.2. The van der Waals surface area contributed by atoms with Gasteiger partial charge in [0.25, 0.3) is 0 Å². The Morgan fingerprint density at radius 2 is 1.50 bits per heavy atom. The smallest absolute Gasteiger partial charge is 0.416 e. The summed E-state index contributed by atoms with van der Waals surface area (Å²) in [6.45, 7) is 2.00. The van der Waals surface area contributed by atoms with Crippen LogP contribution in [-0.2, 0) is 6.18 Å². The molecule has 0 aromatic heterocycles. The SMILES string of the molecule is FC(F)(F)c1ccc(C=[N+]2CCCCC2)cc1.[Cl-]. The Morgan fingerprint density at radius 1 is 0.944 bits per heavy atom. The normalized spacial score (nSPS) is 16.1. The lowest BCUT2D eigenvalue weighted by atomic mass is 10.1. The summed E-state index contributed by atoms with van der Waals surface area (Å²) in [4.78, 5) is 0. The number of alkyl halides is 3. The zero-order chi connectivity index (χ0) is 12.3. The van der Waals surface area contributed by atoms with Gasteiger partial charge in [0, 0.05) is 18.4 Å². The van der Waals surface area contributed by atoms with E-state index in [1.165, 1.54) is 18.6 Å². The van der Waals surface area contributed by atoms with Gasteiger partial charge in [0.1, 0.15) is 13.1 Å². The molecule has 100 valence electrons. The summed E-state index contributed by atoms with van der Waals surface area (Å²) in [5.41, 5.74) is 0.244. The van der Waals surface area contributed by atoms with Crippen LogP contribution < -0.4 is 12.4 Å². The minimum Gasteiger partial charge on any atom is -1.00 e. The van der Waals surface area contributed by atoms with Gasteiger partial charge < -0.3 is 12.4 Å². The van der Waals surface area contributed by atoms with Gasteiger partial charge in [0.15, 0.2) is 6.21 Å². The molecule has 0 spiro atoms. The van der Waals surface area contributed by atoms with Crippen LogP contribution in [0.2, 0.25) is 0 Å². The van der Waals surface area contributed by atoms with Crippen molar-refractivity contribution in [1.29, 1.82) is 0 Å². The van der Waals surface area contributed by atoms with Crippen LogP contribution in [0.5, 0.6) is 0 Å². The second-order valence-electron chi connectivity index (χ2n) is 4.35. The topological polar surface area (TPSA) is 3.01 Å². The zero-order valence-electron chi connectivity index (χ0n) is 9.88. The second-order valence-corrected chi connectivity index (χ2v) is 4.35. The molecule has 1 aliphatic rings. The van der Waals surface area contributed by atoms with E-state index in [9.17, 15) is 13.2 Å². The van der Waals surface area contributed by atoms with E-state index in [-0.39, 0.29) is 12.4 Å². The number of hydrogen-bond acceptors (Lipinski definition) is 0. The van der Waals surface area contributed by atoms with E-state index in [0.717, 1.165) is 43.6 Å². The fourth-order valence-electron chi connectivity index (χ4n) is 2.02. The Labute approximate surface area is 111 Å². The van der Waals surface area contributed by atoms with Gasteiger partial charge in [-0.2, -0.15) is 13.2 Å². The van der Waals surface area contributed by atoms with Crippen LogP contribution in [0.3, 0.4) is 0 Å². The maximum absolute atomic E-state index is 12.4. The van der Waals surface area contributed by atoms with Gasteiger partial charge in [-0.25, -0.2) is 4.58 Å². The molecule has 0 radical (unpaired) electrons. The molecular weight excluding hydrogens is 263 g/mol. The largest absolute Gasteiger partial charge is 1.00 e. The number of benzene rings is 1. The summed E-state index contributed by atoms with van der Waals surface area (Å²) in [6.07, 6.45) is 1.27. The molecule has 0 N–H and O–H groups in total. The van der Waals surface area contributed by atoms with Crippen molar-refractivity contribution in [3.05, 3.63) is 35.4 Å². The van der Waals surface area contributed by atoms with Crippen LogP contribution in [0.1, 0.15) is 30.4 Å². The van der Waals surface area contributed by atoms with Crippen LogP contribution >= 0.6 is 0 Å². The van der Waals surface area contributed by atoms with Crippen LogP contribution in [0.25, 0.3) is 0 Å². The van der Waals surface area contributed by atoms with Gasteiger partial charge in [-0.3, -0.25) is 0 Å². The quantitative estimate of drug-likeness (QED) is 0.651. The van der Waals surface area contributed by atoms with Crippen LogP contribution in [-0.4, -0.2) is 23.9 Å². The molecule has 1 fully saturated rings. The number of hydrogen-bond donors (Lipinski definition) is 0. The maximum Gasteiger partial charge on any atom is 0.416 e. The lowest BCUT2D eigenvalue weighted by molar-refractivity contribution is -0.532. The lowest BCUT2D eigenvalue weighted by Crippen LogP contribution is -3.00. The van der Waals surface area contributed by atoms with Crippen molar-refractivity contribution in [2.24, 2.45) is 0 Å². The molecule has 0 atom stereocenters. The molecule has 0 aliphatic carbocycles. The van der Waals surface area contributed by atoms with Gasteiger partial charge in [0.05, 0.1) is 5.56 Å². The first-order valence-corrected chi connectivity index (χ1v) is 5.82. The highest BCUT2D eigenvalue weighted by Crippen LogP contribution is 2.28.